The van der Waals surface area contributed by atoms with Gasteiger partial charge in [0.25, 0.3) is 5.89 Å². The molecule has 0 saturated carbocycles. The minimum atomic E-state index is 0.397. The number of pyridine rings is 1. The molecule has 0 aliphatic heterocycles. The maximum absolute atomic E-state index is 5.96. The molecule has 2 aromatic heterocycles. The van der Waals surface area contributed by atoms with Crippen LogP contribution >= 0.6 is 15.9 Å². The Labute approximate surface area is 124 Å². The third-order valence-electron chi connectivity index (χ3n) is 2.95. The molecule has 0 aliphatic carbocycles. The number of hydrogen-bond acceptors (Lipinski definition) is 5. The number of nitrogens with two attached hydrogens (primary N) is 1. The van der Waals surface area contributed by atoms with Crippen molar-refractivity contribution in [3.05, 3.63) is 46.7 Å². The van der Waals surface area contributed by atoms with E-state index in [0.717, 1.165) is 15.6 Å². The van der Waals surface area contributed by atoms with Crippen LogP contribution < -0.4 is 5.73 Å². The van der Waals surface area contributed by atoms with Gasteiger partial charge in [0.15, 0.2) is 0 Å². The topological polar surface area (TPSA) is 77.8 Å². The second kappa shape index (κ2) is 5.05. The number of hydrogen-bond donors (Lipinski definition) is 1. The third-order valence-corrected chi connectivity index (χ3v) is 3.44. The maximum atomic E-state index is 5.96. The van der Waals surface area contributed by atoms with Gasteiger partial charge in [-0.05, 0) is 36.8 Å². The Kier molecular flexibility index (Phi) is 3.23. The van der Waals surface area contributed by atoms with E-state index in [9.17, 15) is 0 Å². The molecule has 0 radical (unpaired) electrons. The van der Waals surface area contributed by atoms with Crippen LogP contribution in [0.1, 0.15) is 5.56 Å². The van der Waals surface area contributed by atoms with Crippen LogP contribution in [0.15, 0.2) is 45.7 Å². The highest BCUT2D eigenvalue weighted by atomic mass is 79.9. The average molecular weight is 331 g/mol. The van der Waals surface area contributed by atoms with E-state index in [1.165, 1.54) is 0 Å². The van der Waals surface area contributed by atoms with E-state index in [2.05, 4.69) is 31.1 Å². The minimum Gasteiger partial charge on any atom is -0.398 e. The van der Waals surface area contributed by atoms with Gasteiger partial charge in [-0.25, -0.2) is 0 Å². The van der Waals surface area contributed by atoms with Crippen LogP contribution in [-0.4, -0.2) is 15.1 Å². The molecule has 0 amide bonds. The second-order valence-electron chi connectivity index (χ2n) is 4.35. The zero-order valence-electron chi connectivity index (χ0n) is 10.7. The van der Waals surface area contributed by atoms with E-state index in [-0.39, 0.29) is 0 Å². The summed E-state index contributed by atoms with van der Waals surface area (Å²) in [6.45, 7) is 1.97. The highest BCUT2D eigenvalue weighted by molar-refractivity contribution is 9.10. The molecule has 0 aliphatic rings. The van der Waals surface area contributed by atoms with Gasteiger partial charge in [0.05, 0.1) is 5.56 Å². The van der Waals surface area contributed by atoms with Gasteiger partial charge in [0.2, 0.25) is 5.82 Å². The first-order valence-electron chi connectivity index (χ1n) is 5.95. The first-order valence-corrected chi connectivity index (χ1v) is 6.74. The van der Waals surface area contributed by atoms with Crippen LogP contribution in [0.4, 0.5) is 5.69 Å². The lowest BCUT2D eigenvalue weighted by Crippen LogP contribution is -1.90. The summed E-state index contributed by atoms with van der Waals surface area (Å²) in [5, 5.41) is 3.99. The molecule has 20 heavy (non-hydrogen) atoms. The van der Waals surface area contributed by atoms with Crippen molar-refractivity contribution in [3.8, 4) is 22.8 Å². The fraction of sp³-hybridized carbons (Fsp3) is 0.0714. The zero-order valence-corrected chi connectivity index (χ0v) is 12.3. The Morgan fingerprint density at radius 1 is 1.20 bits per heavy atom. The highest BCUT2D eigenvalue weighted by Crippen LogP contribution is 2.29. The number of nitrogen functional groups attached to an aromatic ring is 1. The number of aromatic nitrogens is 3. The molecule has 3 rings (SSSR count). The first-order chi connectivity index (χ1) is 9.65. The van der Waals surface area contributed by atoms with Crippen LogP contribution in [0, 0.1) is 6.92 Å². The van der Waals surface area contributed by atoms with Gasteiger partial charge in [0.1, 0.15) is 0 Å². The van der Waals surface area contributed by atoms with Crippen LogP contribution in [0.2, 0.25) is 0 Å². The average Bonchev–Trinajstić information content (AvgIpc) is 2.88. The van der Waals surface area contributed by atoms with Gasteiger partial charge in [-0.15, -0.1) is 0 Å². The van der Waals surface area contributed by atoms with E-state index in [1.54, 1.807) is 18.5 Å². The van der Waals surface area contributed by atoms with E-state index < -0.39 is 0 Å². The molecule has 2 N–H and O–H groups in total. The van der Waals surface area contributed by atoms with Crippen LogP contribution in [-0.2, 0) is 0 Å². The summed E-state index contributed by atoms with van der Waals surface area (Å²) in [5.74, 6) is 0.904. The number of rotatable bonds is 2. The molecule has 6 heteroatoms. The van der Waals surface area contributed by atoms with E-state index in [0.29, 0.717) is 23.0 Å². The van der Waals surface area contributed by atoms with Crippen molar-refractivity contribution in [1.82, 2.24) is 15.1 Å². The quantitative estimate of drug-likeness (QED) is 0.728. The third kappa shape index (κ3) is 2.30. The van der Waals surface area contributed by atoms with Gasteiger partial charge >= 0.3 is 0 Å². The molecule has 0 spiro atoms. The molecule has 0 bridgehead atoms. The summed E-state index contributed by atoms with van der Waals surface area (Å²) in [5.41, 5.74) is 9.14. The lowest BCUT2D eigenvalue weighted by molar-refractivity contribution is 0.432. The molecule has 0 unspecified atom stereocenters. The van der Waals surface area contributed by atoms with Crippen molar-refractivity contribution in [2.24, 2.45) is 0 Å². The maximum Gasteiger partial charge on any atom is 0.260 e. The van der Waals surface area contributed by atoms with Gasteiger partial charge in [0, 0.05) is 28.1 Å². The first kappa shape index (κ1) is 12.8. The number of benzene rings is 1. The molecule has 1 aromatic carbocycles. The molecular formula is C14H11BrN4O. The summed E-state index contributed by atoms with van der Waals surface area (Å²) >= 11 is 3.37. The second-order valence-corrected chi connectivity index (χ2v) is 5.26. The predicted molar refractivity (Wildman–Crippen MR) is 79.8 cm³/mol. The van der Waals surface area contributed by atoms with Crippen molar-refractivity contribution in [3.63, 3.8) is 0 Å². The SMILES string of the molecule is Cc1ccncc1-c1noc(-c2ccc(Br)cc2N)n1. The molecule has 2 heterocycles. The smallest absolute Gasteiger partial charge is 0.260 e. The molecule has 100 valence electrons. The number of aryl methyl sites for hydroxylation is 1. The number of halogens is 1. The van der Waals surface area contributed by atoms with Crippen LogP contribution in [0.3, 0.4) is 0 Å². The molecule has 0 fully saturated rings. The van der Waals surface area contributed by atoms with Gasteiger partial charge in [-0.3, -0.25) is 4.98 Å². The normalized spacial score (nSPS) is 10.7. The Morgan fingerprint density at radius 3 is 2.80 bits per heavy atom. The summed E-state index contributed by atoms with van der Waals surface area (Å²) in [7, 11) is 0. The van der Waals surface area contributed by atoms with Gasteiger partial charge in [-0.2, -0.15) is 4.98 Å². The zero-order chi connectivity index (χ0) is 14.1. The van der Waals surface area contributed by atoms with Crippen molar-refractivity contribution in [2.75, 3.05) is 5.73 Å². The molecule has 0 saturated heterocycles. The van der Waals surface area contributed by atoms with Crippen molar-refractivity contribution < 1.29 is 4.52 Å². The lowest BCUT2D eigenvalue weighted by Gasteiger charge is -2.00. The van der Waals surface area contributed by atoms with Crippen molar-refractivity contribution in [1.29, 1.82) is 0 Å². The van der Waals surface area contributed by atoms with E-state index in [1.807, 2.05) is 25.1 Å². The summed E-state index contributed by atoms with van der Waals surface area (Å²) in [6.07, 6.45) is 3.45. The summed E-state index contributed by atoms with van der Waals surface area (Å²) in [6, 6.07) is 7.42. The van der Waals surface area contributed by atoms with E-state index >= 15 is 0 Å². The Bertz CT molecular complexity index is 769. The number of nitrogens with zero attached hydrogens (tertiary/aromatic N) is 3. The molecule has 3 aromatic rings. The van der Waals surface area contributed by atoms with E-state index in [4.69, 9.17) is 10.3 Å². The minimum absolute atomic E-state index is 0.397. The van der Waals surface area contributed by atoms with Crippen LogP contribution in [0.5, 0.6) is 0 Å². The fourth-order valence-corrected chi connectivity index (χ4v) is 2.25. The Morgan fingerprint density at radius 2 is 2.05 bits per heavy atom. The summed E-state index contributed by atoms with van der Waals surface area (Å²) in [4.78, 5) is 8.47. The Balaban J connectivity index is 2.04. The predicted octanol–water partition coefficient (Wildman–Crippen LogP) is 3.45. The molecular weight excluding hydrogens is 320 g/mol. The summed E-state index contributed by atoms with van der Waals surface area (Å²) < 4.78 is 6.20. The lowest BCUT2D eigenvalue weighted by atomic mass is 10.1. The number of anilines is 1. The van der Waals surface area contributed by atoms with Gasteiger partial charge in [-0.1, -0.05) is 21.1 Å². The molecule has 5 nitrogen and oxygen atoms in total. The van der Waals surface area contributed by atoms with Gasteiger partial charge < -0.3 is 10.3 Å². The van der Waals surface area contributed by atoms with Crippen molar-refractivity contribution >= 4 is 21.6 Å². The van der Waals surface area contributed by atoms with Crippen LogP contribution in [0.25, 0.3) is 22.8 Å². The monoisotopic (exact) mass is 330 g/mol. The van der Waals surface area contributed by atoms with Crippen molar-refractivity contribution in [2.45, 2.75) is 6.92 Å². The Hall–Kier alpha value is -2.21. The molecule has 0 atom stereocenters. The standard InChI is InChI=1S/C14H11BrN4O/c1-8-4-5-17-7-11(8)13-18-14(20-19-13)10-3-2-9(15)6-12(10)16/h2-7H,16H2,1H3. The fourth-order valence-electron chi connectivity index (χ4n) is 1.87. The highest BCUT2D eigenvalue weighted by Gasteiger charge is 2.14. The largest absolute Gasteiger partial charge is 0.398 e.